The fourth-order valence-electron chi connectivity index (χ4n) is 4.41. The third kappa shape index (κ3) is 5.03. The van der Waals surface area contributed by atoms with Crippen LogP contribution in [0.25, 0.3) is 0 Å². The molecule has 0 heterocycles. The van der Waals surface area contributed by atoms with Crippen molar-refractivity contribution in [1.29, 1.82) is 0 Å². The number of rotatable bonds is 7. The van der Waals surface area contributed by atoms with Crippen molar-refractivity contribution in [2.75, 3.05) is 4.67 Å². The minimum atomic E-state index is -1.40. The van der Waals surface area contributed by atoms with Gasteiger partial charge in [-0.2, -0.15) is 0 Å². The molecule has 0 N–H and O–H groups in total. The lowest BCUT2D eigenvalue weighted by Crippen LogP contribution is -2.19. The van der Waals surface area contributed by atoms with Crippen molar-refractivity contribution in [1.82, 2.24) is 0 Å². The van der Waals surface area contributed by atoms with E-state index in [4.69, 9.17) is 22.5 Å². The highest BCUT2D eigenvalue weighted by Crippen LogP contribution is 2.57. The fourth-order valence-corrected chi connectivity index (χ4v) is 6.07. The van der Waals surface area contributed by atoms with Crippen molar-refractivity contribution in [3.63, 3.8) is 0 Å². The maximum Gasteiger partial charge on any atom is 0.192 e. The Morgan fingerprint density at radius 3 is 1.06 bits per heavy atom. The maximum atomic E-state index is 6.52. The summed E-state index contributed by atoms with van der Waals surface area (Å²) in [6.45, 7) is 7.59. The van der Waals surface area contributed by atoms with Gasteiger partial charge in [0.2, 0.25) is 0 Å². The van der Waals surface area contributed by atoms with E-state index in [-0.39, 0.29) is 10.8 Å². The quantitative estimate of drug-likeness (QED) is 0.225. The molecule has 0 amide bonds. The van der Waals surface area contributed by atoms with Gasteiger partial charge in [-0.15, -0.1) is 0 Å². The van der Waals surface area contributed by atoms with Gasteiger partial charge in [-0.25, -0.2) is 0 Å². The first-order valence-corrected chi connectivity index (χ1v) is 14.6. The van der Waals surface area contributed by atoms with Crippen LogP contribution in [0.1, 0.15) is 49.9 Å². The number of hydrogen-bond donors (Lipinski definition) is 0. The fraction of sp³-hybridized carbons (Fsp3) is 0.200. The van der Waals surface area contributed by atoms with E-state index in [2.05, 4.69) is 137 Å². The minimum absolute atomic E-state index is 0.0953. The summed E-state index contributed by atoms with van der Waals surface area (Å²) in [6.07, 6.45) is 0. The second-order valence-corrected chi connectivity index (χ2v) is 12.9. The number of hydrogen-bond acceptors (Lipinski definition) is 1. The van der Waals surface area contributed by atoms with Crippen LogP contribution in [-0.2, 0) is 10.8 Å². The average molecular weight is 506 g/mol. The van der Waals surface area contributed by atoms with Crippen LogP contribution in [0.5, 0.6) is 0 Å². The van der Waals surface area contributed by atoms with E-state index in [0.717, 1.165) is 11.4 Å². The first-order valence-electron chi connectivity index (χ1n) is 11.4. The van der Waals surface area contributed by atoms with Crippen molar-refractivity contribution in [2.24, 2.45) is 0 Å². The Morgan fingerprint density at radius 1 is 0.471 bits per heavy atom. The lowest BCUT2D eigenvalue weighted by Gasteiger charge is -2.30. The Kier molecular flexibility index (Phi) is 7.39. The largest absolute Gasteiger partial charge is 0.295 e. The Morgan fingerprint density at radius 2 is 0.765 bits per heavy atom. The van der Waals surface area contributed by atoms with E-state index in [1.165, 1.54) is 22.3 Å². The standard InChI is InChI=1S/C30H30Cl2NP/c1-29(2,23-11-7-5-8-12-23)25-15-19-27(20-16-25)33(34(31)32)28-21-17-26(18-22-28)30(3,4)24-13-9-6-10-14-24/h5-22H,1-4H3. The predicted molar refractivity (Wildman–Crippen MR) is 151 cm³/mol. The molecule has 4 aromatic carbocycles. The highest BCUT2D eigenvalue weighted by Gasteiger charge is 2.26. The molecule has 0 aliphatic carbocycles. The van der Waals surface area contributed by atoms with Crippen LogP contribution in [-0.4, -0.2) is 0 Å². The van der Waals surface area contributed by atoms with E-state index in [0.29, 0.717) is 0 Å². The van der Waals surface area contributed by atoms with Crippen LogP contribution in [0, 0.1) is 0 Å². The van der Waals surface area contributed by atoms with Gasteiger partial charge < -0.3 is 0 Å². The van der Waals surface area contributed by atoms with E-state index < -0.39 is 6.78 Å². The highest BCUT2D eigenvalue weighted by atomic mass is 35.9. The predicted octanol–water partition coefficient (Wildman–Crippen LogP) is 10.2. The van der Waals surface area contributed by atoms with Crippen molar-refractivity contribution in [3.05, 3.63) is 131 Å². The molecule has 4 rings (SSSR count). The summed E-state index contributed by atoms with van der Waals surface area (Å²) in [4.78, 5) is 0. The van der Waals surface area contributed by atoms with Gasteiger partial charge in [-0.1, -0.05) is 135 Å². The number of halogens is 2. The molecule has 0 spiro atoms. The van der Waals surface area contributed by atoms with Crippen molar-refractivity contribution < 1.29 is 0 Å². The smallest absolute Gasteiger partial charge is 0.192 e. The molecule has 4 heteroatoms. The lowest BCUT2D eigenvalue weighted by molar-refractivity contribution is 0.641. The molecule has 0 saturated carbocycles. The molecule has 174 valence electrons. The molecule has 0 radical (unpaired) electrons. The van der Waals surface area contributed by atoms with Gasteiger partial charge >= 0.3 is 0 Å². The van der Waals surface area contributed by atoms with Crippen LogP contribution in [0.4, 0.5) is 11.4 Å². The molecule has 0 bridgehead atoms. The zero-order chi connectivity index (χ0) is 24.3. The summed E-state index contributed by atoms with van der Waals surface area (Å²) >= 11 is 13.0. The number of nitrogens with zero attached hydrogens (tertiary/aromatic N) is 1. The molecular weight excluding hydrogens is 476 g/mol. The lowest BCUT2D eigenvalue weighted by atomic mass is 9.78. The molecule has 0 aliphatic rings. The zero-order valence-corrected chi connectivity index (χ0v) is 22.4. The second-order valence-electron chi connectivity index (χ2n) is 9.60. The summed E-state index contributed by atoms with van der Waals surface area (Å²) in [5.41, 5.74) is 6.84. The van der Waals surface area contributed by atoms with E-state index in [1.54, 1.807) is 0 Å². The molecular formula is C30H30Cl2NP. The molecule has 0 unspecified atom stereocenters. The van der Waals surface area contributed by atoms with Gasteiger partial charge in [-0.05, 0) is 46.5 Å². The Balaban J connectivity index is 1.62. The monoisotopic (exact) mass is 505 g/mol. The summed E-state index contributed by atoms with van der Waals surface area (Å²) in [7, 11) is 0. The molecule has 0 atom stereocenters. The minimum Gasteiger partial charge on any atom is -0.295 e. The van der Waals surface area contributed by atoms with Gasteiger partial charge in [0, 0.05) is 22.2 Å². The highest BCUT2D eigenvalue weighted by molar-refractivity contribution is 8.05. The summed E-state index contributed by atoms with van der Waals surface area (Å²) < 4.78 is 2.01. The van der Waals surface area contributed by atoms with Crippen molar-refractivity contribution in [3.8, 4) is 0 Å². The van der Waals surface area contributed by atoms with E-state index in [1.807, 2.05) is 4.67 Å². The Labute approximate surface area is 214 Å². The normalized spacial score (nSPS) is 12.1. The third-order valence-corrected chi connectivity index (χ3v) is 8.48. The van der Waals surface area contributed by atoms with Gasteiger partial charge in [-0.3, -0.25) is 4.67 Å². The number of benzene rings is 4. The molecule has 4 aromatic rings. The molecule has 34 heavy (non-hydrogen) atoms. The second kappa shape index (κ2) is 10.1. The first kappa shape index (κ1) is 24.8. The number of anilines is 2. The van der Waals surface area contributed by atoms with Crippen LogP contribution in [0.2, 0.25) is 0 Å². The summed E-state index contributed by atoms with van der Waals surface area (Å²) in [6, 6.07) is 38.3. The van der Waals surface area contributed by atoms with Gasteiger partial charge in [0.1, 0.15) is 0 Å². The van der Waals surface area contributed by atoms with Crippen molar-refractivity contribution >= 4 is 40.6 Å². The van der Waals surface area contributed by atoms with Gasteiger partial charge in [0.05, 0.1) is 0 Å². The Hall–Kier alpha value is -2.31. The van der Waals surface area contributed by atoms with Gasteiger partial charge in [0.15, 0.2) is 6.78 Å². The maximum absolute atomic E-state index is 6.52. The summed E-state index contributed by atoms with van der Waals surface area (Å²) in [5, 5.41) is 0. The van der Waals surface area contributed by atoms with E-state index >= 15 is 0 Å². The average Bonchev–Trinajstić information content (AvgIpc) is 2.86. The van der Waals surface area contributed by atoms with Crippen LogP contribution >= 0.6 is 29.3 Å². The topological polar surface area (TPSA) is 3.24 Å². The molecule has 0 aliphatic heterocycles. The molecule has 0 saturated heterocycles. The first-order chi connectivity index (χ1) is 16.2. The summed E-state index contributed by atoms with van der Waals surface area (Å²) in [5.74, 6) is 0. The zero-order valence-electron chi connectivity index (χ0n) is 20.0. The van der Waals surface area contributed by atoms with Crippen LogP contribution in [0.15, 0.2) is 109 Å². The SMILES string of the molecule is CC(C)(c1ccccc1)c1ccc(N(c2ccc(C(C)(C)c3ccccc3)cc2)P(Cl)Cl)cc1. The molecule has 1 nitrogen and oxygen atoms in total. The van der Waals surface area contributed by atoms with Crippen LogP contribution in [0.3, 0.4) is 0 Å². The third-order valence-electron chi connectivity index (χ3n) is 6.81. The van der Waals surface area contributed by atoms with E-state index in [9.17, 15) is 0 Å². The molecule has 0 fully saturated rings. The Bertz CT molecular complexity index is 1110. The molecule has 0 aromatic heterocycles. The van der Waals surface area contributed by atoms with Crippen LogP contribution < -0.4 is 4.67 Å². The van der Waals surface area contributed by atoms with Gasteiger partial charge in [0.25, 0.3) is 0 Å². The van der Waals surface area contributed by atoms with Crippen molar-refractivity contribution in [2.45, 2.75) is 38.5 Å².